The molecule has 2 heteroatoms. The van der Waals surface area contributed by atoms with Crippen molar-refractivity contribution in [3.05, 3.63) is 187 Å². The molecule has 1 aliphatic rings. The van der Waals surface area contributed by atoms with E-state index in [4.69, 9.17) is 0 Å². The van der Waals surface area contributed by atoms with Crippen molar-refractivity contribution in [1.29, 1.82) is 0 Å². The third-order valence-corrected chi connectivity index (χ3v) is 10.3. The number of fused-ring (bicyclic) bond motifs is 8. The molecule has 1 unspecified atom stereocenters. The zero-order chi connectivity index (χ0) is 31.6. The van der Waals surface area contributed by atoms with E-state index in [1.165, 1.54) is 82.5 Å². The highest BCUT2D eigenvalue weighted by Gasteiger charge is 2.21. The van der Waals surface area contributed by atoms with Gasteiger partial charge >= 0.3 is 0 Å². The van der Waals surface area contributed by atoms with Gasteiger partial charge in [-0.1, -0.05) is 133 Å². The van der Waals surface area contributed by atoms with E-state index in [1.54, 1.807) is 0 Å². The Morgan fingerprint density at radius 3 is 1.96 bits per heavy atom. The normalized spacial score (nSPS) is 14.8. The number of para-hydroxylation sites is 2. The van der Waals surface area contributed by atoms with Gasteiger partial charge in [0.1, 0.15) is 0 Å². The van der Waals surface area contributed by atoms with Gasteiger partial charge in [-0.3, -0.25) is 0 Å². The van der Waals surface area contributed by atoms with E-state index in [2.05, 4.69) is 185 Å². The molecule has 1 atom stereocenters. The number of aromatic nitrogens is 2. The van der Waals surface area contributed by atoms with Gasteiger partial charge in [0.2, 0.25) is 0 Å². The highest BCUT2D eigenvalue weighted by molar-refractivity contribution is 6.23. The Morgan fingerprint density at radius 2 is 1.12 bits per heavy atom. The van der Waals surface area contributed by atoms with Crippen LogP contribution in [0.3, 0.4) is 0 Å². The summed E-state index contributed by atoms with van der Waals surface area (Å²) in [6.45, 7) is 0. The Bertz CT molecular complexity index is 2720. The lowest BCUT2D eigenvalue weighted by Crippen LogP contribution is -2.04. The maximum absolute atomic E-state index is 2.46. The molecule has 0 saturated heterocycles. The van der Waals surface area contributed by atoms with Crippen molar-refractivity contribution in [2.45, 2.75) is 12.3 Å². The van der Waals surface area contributed by atoms with Crippen molar-refractivity contribution < 1.29 is 0 Å². The van der Waals surface area contributed by atoms with E-state index in [9.17, 15) is 0 Å². The smallest absolute Gasteiger partial charge is 0.0619 e. The lowest BCUT2D eigenvalue weighted by Gasteiger charge is -2.23. The van der Waals surface area contributed by atoms with E-state index in [1.807, 2.05) is 0 Å². The Kier molecular flexibility index (Phi) is 6.04. The Balaban J connectivity index is 1.22. The molecule has 0 bridgehead atoms. The van der Waals surface area contributed by atoms with Gasteiger partial charge in [-0.25, -0.2) is 0 Å². The first-order chi connectivity index (χ1) is 23.8. The van der Waals surface area contributed by atoms with E-state index in [-0.39, 0.29) is 0 Å². The van der Waals surface area contributed by atoms with Gasteiger partial charge in [0.05, 0.1) is 22.1 Å². The van der Waals surface area contributed by atoms with Gasteiger partial charge in [0.25, 0.3) is 0 Å². The molecule has 0 amide bonds. The first-order valence-electron chi connectivity index (χ1n) is 16.8. The molecule has 0 aliphatic heterocycles. The third kappa shape index (κ3) is 4.06. The number of benzene rings is 7. The molecular formula is C46H32N2. The summed E-state index contributed by atoms with van der Waals surface area (Å²) >= 11 is 0. The van der Waals surface area contributed by atoms with Crippen LogP contribution in [-0.4, -0.2) is 9.13 Å². The minimum absolute atomic E-state index is 0.361. The maximum atomic E-state index is 2.46. The molecule has 2 heterocycles. The lowest BCUT2D eigenvalue weighted by molar-refractivity contribution is 0.874. The highest BCUT2D eigenvalue weighted by Crippen LogP contribution is 2.42. The van der Waals surface area contributed by atoms with Gasteiger partial charge in [-0.2, -0.15) is 0 Å². The minimum atomic E-state index is 0.361. The van der Waals surface area contributed by atoms with Crippen molar-refractivity contribution in [1.82, 2.24) is 9.13 Å². The second kappa shape index (κ2) is 10.7. The largest absolute Gasteiger partial charge is 0.309 e. The van der Waals surface area contributed by atoms with Crippen LogP contribution >= 0.6 is 0 Å². The van der Waals surface area contributed by atoms with Crippen molar-refractivity contribution in [2.24, 2.45) is 0 Å². The highest BCUT2D eigenvalue weighted by atomic mass is 15.0. The summed E-state index contributed by atoms with van der Waals surface area (Å²) < 4.78 is 4.91. The van der Waals surface area contributed by atoms with Crippen LogP contribution in [0.25, 0.3) is 71.3 Å². The van der Waals surface area contributed by atoms with E-state index < -0.39 is 0 Å². The summed E-state index contributed by atoms with van der Waals surface area (Å²) in [5.41, 5.74) is 11.2. The quantitative estimate of drug-likeness (QED) is 0.187. The molecule has 0 fully saturated rings. The van der Waals surface area contributed by atoms with Gasteiger partial charge in [0, 0.05) is 44.2 Å². The molecule has 9 aromatic rings. The standard InChI is InChI=1S/C46H32N2/c1-3-13-31(14-4-1)36-18-9-10-19-37(36)33-23-26-35(27-24-33)47-43-22-12-11-21-39(43)41-29-42-40-28-25-32-15-7-8-20-38(32)46(40)48(45(42)30-44(41)47)34-16-5-2-6-17-34/h1-17,19-30,36H,18H2. The van der Waals surface area contributed by atoms with Crippen LogP contribution < -0.4 is 0 Å². The van der Waals surface area contributed by atoms with Gasteiger partial charge < -0.3 is 9.13 Å². The molecule has 2 aromatic heterocycles. The van der Waals surface area contributed by atoms with Gasteiger partial charge in [-0.05, 0) is 71.0 Å². The molecule has 226 valence electrons. The number of allylic oxidation sites excluding steroid dienone is 4. The average Bonchev–Trinajstić information content (AvgIpc) is 3.67. The molecule has 10 rings (SSSR count). The summed E-state index contributed by atoms with van der Waals surface area (Å²) in [7, 11) is 0. The Labute approximate surface area is 279 Å². The molecular weight excluding hydrogens is 581 g/mol. The fourth-order valence-corrected chi connectivity index (χ4v) is 8.09. The van der Waals surface area contributed by atoms with E-state index in [0.29, 0.717) is 5.92 Å². The topological polar surface area (TPSA) is 9.86 Å². The van der Waals surface area contributed by atoms with Crippen molar-refractivity contribution in [2.75, 3.05) is 0 Å². The second-order valence-electron chi connectivity index (χ2n) is 12.9. The fraction of sp³-hybridized carbons (Fsp3) is 0.0435. The van der Waals surface area contributed by atoms with Crippen LogP contribution in [-0.2, 0) is 0 Å². The van der Waals surface area contributed by atoms with Crippen LogP contribution in [0.2, 0.25) is 0 Å². The van der Waals surface area contributed by atoms with Crippen LogP contribution in [0.4, 0.5) is 0 Å². The summed E-state index contributed by atoms with van der Waals surface area (Å²) in [5, 5.41) is 7.61. The third-order valence-electron chi connectivity index (χ3n) is 10.3. The average molecular weight is 613 g/mol. The molecule has 7 aromatic carbocycles. The molecule has 0 spiro atoms. The summed E-state index contributed by atoms with van der Waals surface area (Å²) in [6.07, 6.45) is 7.80. The molecule has 2 nitrogen and oxygen atoms in total. The van der Waals surface area contributed by atoms with E-state index >= 15 is 0 Å². The first-order valence-corrected chi connectivity index (χ1v) is 16.8. The predicted octanol–water partition coefficient (Wildman–Crippen LogP) is 12.2. The van der Waals surface area contributed by atoms with E-state index in [0.717, 1.165) is 6.42 Å². The van der Waals surface area contributed by atoms with Crippen molar-refractivity contribution >= 4 is 60.0 Å². The SMILES string of the molecule is C1=CCC(c2ccccc2)C(c2ccc(-n3c4ccccc4c4cc5c6ccc7ccccc7c6n(-c6ccccc6)c5cc43)cc2)=C1. The van der Waals surface area contributed by atoms with Gasteiger partial charge in [-0.15, -0.1) is 0 Å². The molecule has 0 N–H and O–H groups in total. The maximum Gasteiger partial charge on any atom is 0.0619 e. The van der Waals surface area contributed by atoms with Crippen LogP contribution in [0.1, 0.15) is 23.5 Å². The van der Waals surface area contributed by atoms with Crippen molar-refractivity contribution in [3.8, 4) is 11.4 Å². The number of nitrogens with zero attached hydrogens (tertiary/aromatic N) is 2. The Hall–Kier alpha value is -6.12. The number of hydrogen-bond donors (Lipinski definition) is 0. The number of rotatable bonds is 4. The van der Waals surface area contributed by atoms with Gasteiger partial charge in [0.15, 0.2) is 0 Å². The summed E-state index contributed by atoms with van der Waals surface area (Å²) in [5.74, 6) is 0.361. The zero-order valence-electron chi connectivity index (χ0n) is 26.4. The minimum Gasteiger partial charge on any atom is -0.309 e. The Morgan fingerprint density at radius 1 is 0.458 bits per heavy atom. The monoisotopic (exact) mass is 612 g/mol. The zero-order valence-corrected chi connectivity index (χ0v) is 26.4. The second-order valence-corrected chi connectivity index (χ2v) is 12.9. The molecule has 0 radical (unpaired) electrons. The first kappa shape index (κ1) is 27.0. The lowest BCUT2D eigenvalue weighted by atomic mass is 9.82. The molecule has 1 aliphatic carbocycles. The molecule has 0 saturated carbocycles. The summed E-state index contributed by atoms with van der Waals surface area (Å²) in [4.78, 5) is 0. The van der Waals surface area contributed by atoms with Crippen LogP contribution in [0.5, 0.6) is 0 Å². The number of hydrogen-bond acceptors (Lipinski definition) is 0. The van der Waals surface area contributed by atoms with Crippen LogP contribution in [0.15, 0.2) is 176 Å². The van der Waals surface area contributed by atoms with Crippen molar-refractivity contribution in [3.63, 3.8) is 0 Å². The summed E-state index contributed by atoms with van der Waals surface area (Å²) in [6, 6.07) is 57.9. The fourth-order valence-electron chi connectivity index (χ4n) is 8.09. The molecule has 48 heavy (non-hydrogen) atoms. The van der Waals surface area contributed by atoms with Crippen LogP contribution in [0, 0.1) is 0 Å². The predicted molar refractivity (Wildman–Crippen MR) is 204 cm³/mol.